The van der Waals surface area contributed by atoms with Crippen molar-refractivity contribution in [3.05, 3.63) is 41.5 Å². The summed E-state index contributed by atoms with van der Waals surface area (Å²) in [6, 6.07) is 5.10. The topological polar surface area (TPSA) is 49.8 Å². The summed E-state index contributed by atoms with van der Waals surface area (Å²) in [5, 5.41) is 6.35. The lowest BCUT2D eigenvalue weighted by Crippen LogP contribution is -2.09. The van der Waals surface area contributed by atoms with Crippen LogP contribution >= 0.6 is 0 Å². The molecule has 0 saturated heterocycles. The SMILES string of the molecule is CCCNc1ncnc(Nc2ccc(C)cc2F)c1CC. The van der Waals surface area contributed by atoms with Gasteiger partial charge in [0.1, 0.15) is 23.8 Å². The van der Waals surface area contributed by atoms with Crippen molar-refractivity contribution in [2.45, 2.75) is 33.6 Å². The molecule has 2 aromatic rings. The molecular formula is C16H21FN4. The van der Waals surface area contributed by atoms with Gasteiger partial charge in [0.2, 0.25) is 0 Å². The van der Waals surface area contributed by atoms with Gasteiger partial charge in [-0.15, -0.1) is 0 Å². The molecule has 0 atom stereocenters. The Bertz CT molecular complexity index is 613. The Morgan fingerprint density at radius 2 is 1.90 bits per heavy atom. The van der Waals surface area contributed by atoms with E-state index in [1.165, 1.54) is 12.4 Å². The second-order valence-electron chi connectivity index (χ2n) is 4.94. The van der Waals surface area contributed by atoms with Crippen LogP contribution < -0.4 is 10.6 Å². The minimum absolute atomic E-state index is 0.279. The zero-order valence-electron chi connectivity index (χ0n) is 12.7. The lowest BCUT2D eigenvalue weighted by Gasteiger charge is -2.14. The number of hydrogen-bond donors (Lipinski definition) is 2. The van der Waals surface area contributed by atoms with Crippen molar-refractivity contribution in [2.24, 2.45) is 0 Å². The smallest absolute Gasteiger partial charge is 0.146 e. The highest BCUT2D eigenvalue weighted by molar-refractivity contribution is 5.65. The molecule has 0 fully saturated rings. The Morgan fingerprint density at radius 1 is 1.14 bits per heavy atom. The predicted molar refractivity (Wildman–Crippen MR) is 84.6 cm³/mol. The highest BCUT2D eigenvalue weighted by atomic mass is 19.1. The van der Waals surface area contributed by atoms with Crippen molar-refractivity contribution in [2.75, 3.05) is 17.2 Å². The van der Waals surface area contributed by atoms with Gasteiger partial charge < -0.3 is 10.6 Å². The number of hydrogen-bond acceptors (Lipinski definition) is 4. The molecule has 1 aromatic heterocycles. The molecule has 1 aromatic carbocycles. The van der Waals surface area contributed by atoms with Gasteiger partial charge in [-0.05, 0) is 37.5 Å². The Hall–Kier alpha value is -2.17. The lowest BCUT2D eigenvalue weighted by atomic mass is 10.2. The third-order valence-electron chi connectivity index (χ3n) is 3.22. The van der Waals surface area contributed by atoms with Gasteiger partial charge in [-0.3, -0.25) is 0 Å². The van der Waals surface area contributed by atoms with Crippen LogP contribution in [0.15, 0.2) is 24.5 Å². The van der Waals surface area contributed by atoms with Crippen molar-refractivity contribution in [1.82, 2.24) is 9.97 Å². The van der Waals surface area contributed by atoms with Crippen LogP contribution in [0.5, 0.6) is 0 Å². The molecule has 0 aliphatic rings. The molecule has 0 bridgehead atoms. The molecular weight excluding hydrogens is 267 g/mol. The van der Waals surface area contributed by atoms with Crippen LogP contribution in [0.3, 0.4) is 0 Å². The number of aryl methyl sites for hydroxylation is 1. The molecule has 2 N–H and O–H groups in total. The molecule has 4 nitrogen and oxygen atoms in total. The first-order chi connectivity index (χ1) is 10.2. The number of benzene rings is 1. The van der Waals surface area contributed by atoms with E-state index in [-0.39, 0.29) is 5.82 Å². The molecule has 0 aliphatic carbocycles. The van der Waals surface area contributed by atoms with E-state index in [1.54, 1.807) is 6.07 Å². The fourth-order valence-electron chi connectivity index (χ4n) is 2.10. The normalized spacial score (nSPS) is 10.5. The number of nitrogens with zero attached hydrogens (tertiary/aromatic N) is 2. The van der Waals surface area contributed by atoms with Crippen LogP contribution in [0.25, 0.3) is 0 Å². The molecule has 0 amide bonds. The maximum Gasteiger partial charge on any atom is 0.146 e. The van der Waals surface area contributed by atoms with Crippen molar-refractivity contribution in [1.29, 1.82) is 0 Å². The predicted octanol–water partition coefficient (Wildman–Crippen LogP) is 4.05. The van der Waals surface area contributed by atoms with Crippen molar-refractivity contribution < 1.29 is 4.39 Å². The van der Waals surface area contributed by atoms with Gasteiger partial charge in [0.15, 0.2) is 0 Å². The number of aromatic nitrogens is 2. The minimum atomic E-state index is -0.279. The first-order valence-corrected chi connectivity index (χ1v) is 7.26. The highest BCUT2D eigenvalue weighted by Crippen LogP contribution is 2.25. The van der Waals surface area contributed by atoms with E-state index in [0.29, 0.717) is 11.5 Å². The fraction of sp³-hybridized carbons (Fsp3) is 0.375. The van der Waals surface area contributed by atoms with Gasteiger partial charge in [0.05, 0.1) is 5.69 Å². The summed E-state index contributed by atoms with van der Waals surface area (Å²) in [4.78, 5) is 8.52. The van der Waals surface area contributed by atoms with Gasteiger partial charge in [-0.1, -0.05) is 19.9 Å². The molecule has 0 saturated carbocycles. The van der Waals surface area contributed by atoms with Crippen LogP contribution in [-0.4, -0.2) is 16.5 Å². The Labute approximate surface area is 124 Å². The van der Waals surface area contributed by atoms with E-state index >= 15 is 0 Å². The van der Waals surface area contributed by atoms with Crippen LogP contribution in [0.1, 0.15) is 31.4 Å². The number of halogens is 1. The van der Waals surface area contributed by atoms with E-state index in [1.807, 2.05) is 19.9 Å². The average molecular weight is 288 g/mol. The minimum Gasteiger partial charge on any atom is -0.370 e. The molecule has 0 unspecified atom stereocenters. The van der Waals surface area contributed by atoms with Gasteiger partial charge in [0, 0.05) is 12.1 Å². The second-order valence-corrected chi connectivity index (χ2v) is 4.94. The summed E-state index contributed by atoms with van der Waals surface area (Å²) in [7, 11) is 0. The van der Waals surface area contributed by atoms with Crippen LogP contribution in [-0.2, 0) is 6.42 Å². The van der Waals surface area contributed by atoms with Gasteiger partial charge in [0.25, 0.3) is 0 Å². The maximum absolute atomic E-state index is 14.0. The van der Waals surface area contributed by atoms with E-state index in [9.17, 15) is 4.39 Å². The Morgan fingerprint density at radius 3 is 2.57 bits per heavy atom. The first-order valence-electron chi connectivity index (χ1n) is 7.26. The quantitative estimate of drug-likeness (QED) is 0.842. The Kier molecular flexibility index (Phi) is 5.09. The summed E-state index contributed by atoms with van der Waals surface area (Å²) in [6.45, 7) is 6.84. The molecule has 21 heavy (non-hydrogen) atoms. The van der Waals surface area contributed by atoms with Crippen molar-refractivity contribution in [3.8, 4) is 0 Å². The summed E-state index contributed by atoms with van der Waals surface area (Å²) in [5.41, 5.74) is 2.28. The van der Waals surface area contributed by atoms with E-state index < -0.39 is 0 Å². The molecule has 1 heterocycles. The average Bonchev–Trinajstić information content (AvgIpc) is 2.48. The summed E-state index contributed by atoms with van der Waals surface area (Å²) >= 11 is 0. The first kappa shape index (κ1) is 15.2. The number of nitrogens with one attached hydrogen (secondary N) is 2. The molecule has 112 valence electrons. The molecule has 5 heteroatoms. The monoisotopic (exact) mass is 288 g/mol. The van der Waals surface area contributed by atoms with E-state index in [2.05, 4.69) is 27.5 Å². The van der Waals surface area contributed by atoms with E-state index in [4.69, 9.17) is 0 Å². The van der Waals surface area contributed by atoms with Crippen LogP contribution in [0, 0.1) is 12.7 Å². The Balaban J connectivity index is 2.30. The zero-order chi connectivity index (χ0) is 15.2. The summed E-state index contributed by atoms with van der Waals surface area (Å²) < 4.78 is 14.0. The van der Waals surface area contributed by atoms with Gasteiger partial charge in [-0.2, -0.15) is 0 Å². The molecule has 0 aliphatic heterocycles. The summed E-state index contributed by atoms with van der Waals surface area (Å²) in [6.07, 6.45) is 3.27. The molecule has 0 radical (unpaired) electrons. The third kappa shape index (κ3) is 3.68. The van der Waals surface area contributed by atoms with Crippen molar-refractivity contribution >= 4 is 17.3 Å². The second kappa shape index (κ2) is 7.02. The van der Waals surface area contributed by atoms with Gasteiger partial charge >= 0.3 is 0 Å². The fourth-order valence-corrected chi connectivity index (χ4v) is 2.10. The van der Waals surface area contributed by atoms with Crippen LogP contribution in [0.4, 0.5) is 21.7 Å². The number of anilines is 3. The van der Waals surface area contributed by atoms with E-state index in [0.717, 1.165) is 36.3 Å². The van der Waals surface area contributed by atoms with Gasteiger partial charge in [-0.25, -0.2) is 14.4 Å². The maximum atomic E-state index is 14.0. The highest BCUT2D eigenvalue weighted by Gasteiger charge is 2.11. The zero-order valence-corrected chi connectivity index (χ0v) is 12.7. The van der Waals surface area contributed by atoms with Crippen LogP contribution in [0.2, 0.25) is 0 Å². The summed E-state index contributed by atoms with van der Waals surface area (Å²) in [5.74, 6) is 1.18. The largest absolute Gasteiger partial charge is 0.370 e. The standard InChI is InChI=1S/C16H21FN4/c1-4-8-18-15-12(5-2)16(20-10-19-15)21-14-7-6-11(3)9-13(14)17/h6-7,9-10H,4-5,8H2,1-3H3,(H2,18,19,20,21). The lowest BCUT2D eigenvalue weighted by molar-refractivity contribution is 0.630. The van der Waals surface area contributed by atoms with Crippen molar-refractivity contribution in [3.63, 3.8) is 0 Å². The molecule has 2 rings (SSSR count). The molecule has 0 spiro atoms. The number of rotatable bonds is 6. The third-order valence-corrected chi connectivity index (χ3v) is 3.22.